The fourth-order valence-corrected chi connectivity index (χ4v) is 1.68. The van der Waals surface area contributed by atoms with Crippen LogP contribution in [-0.2, 0) is 9.59 Å². The average Bonchev–Trinajstić information content (AvgIpc) is 2.43. The molecule has 2 N–H and O–H groups in total. The van der Waals surface area contributed by atoms with E-state index in [1.807, 2.05) is 6.92 Å². The lowest BCUT2D eigenvalue weighted by Crippen LogP contribution is -2.46. The number of carbonyl (C=O) groups is 2. The Labute approximate surface area is 124 Å². The number of rotatable bonds is 8. The zero-order valence-corrected chi connectivity index (χ0v) is 12.5. The summed E-state index contributed by atoms with van der Waals surface area (Å²) in [6.07, 6.45) is 0. The van der Waals surface area contributed by atoms with Crippen molar-refractivity contribution in [2.75, 3.05) is 13.2 Å². The summed E-state index contributed by atoms with van der Waals surface area (Å²) in [5.74, 6) is -0.480. The SMILES string of the molecule is CCOc1ccc(OCC(=O)N[C@H](C(=O)O)C(C)C)cc1. The van der Waals surface area contributed by atoms with Crippen LogP contribution in [0.1, 0.15) is 20.8 Å². The summed E-state index contributed by atoms with van der Waals surface area (Å²) < 4.78 is 10.6. The molecular weight excluding hydrogens is 274 g/mol. The number of hydrogen-bond acceptors (Lipinski definition) is 4. The van der Waals surface area contributed by atoms with E-state index in [1.165, 1.54) is 0 Å². The number of amides is 1. The number of carbonyl (C=O) groups excluding carboxylic acids is 1. The van der Waals surface area contributed by atoms with Crippen LogP contribution < -0.4 is 14.8 Å². The molecule has 116 valence electrons. The molecule has 0 saturated carbocycles. The maximum absolute atomic E-state index is 11.7. The van der Waals surface area contributed by atoms with Crippen molar-refractivity contribution < 1.29 is 24.2 Å². The van der Waals surface area contributed by atoms with Crippen LogP contribution in [0.3, 0.4) is 0 Å². The van der Waals surface area contributed by atoms with Crippen LogP contribution in [0, 0.1) is 5.92 Å². The van der Waals surface area contributed by atoms with Crippen molar-refractivity contribution in [2.45, 2.75) is 26.8 Å². The highest BCUT2D eigenvalue weighted by Gasteiger charge is 2.23. The first-order valence-corrected chi connectivity index (χ1v) is 6.81. The zero-order valence-electron chi connectivity index (χ0n) is 12.5. The number of aliphatic carboxylic acids is 1. The van der Waals surface area contributed by atoms with Crippen LogP contribution in [-0.4, -0.2) is 36.2 Å². The molecule has 1 rings (SSSR count). The Balaban J connectivity index is 2.47. The summed E-state index contributed by atoms with van der Waals surface area (Å²) in [7, 11) is 0. The van der Waals surface area contributed by atoms with Crippen molar-refractivity contribution >= 4 is 11.9 Å². The van der Waals surface area contributed by atoms with Crippen LogP contribution >= 0.6 is 0 Å². The first-order valence-electron chi connectivity index (χ1n) is 6.81. The Bertz CT molecular complexity index is 469. The third-order valence-electron chi connectivity index (χ3n) is 2.75. The van der Waals surface area contributed by atoms with Gasteiger partial charge in [-0.25, -0.2) is 4.79 Å². The van der Waals surface area contributed by atoms with E-state index in [2.05, 4.69) is 5.32 Å². The van der Waals surface area contributed by atoms with Crippen LogP contribution in [0.25, 0.3) is 0 Å². The molecule has 0 aliphatic heterocycles. The fraction of sp³-hybridized carbons (Fsp3) is 0.467. The van der Waals surface area contributed by atoms with Gasteiger partial charge in [-0.15, -0.1) is 0 Å². The van der Waals surface area contributed by atoms with Gasteiger partial charge in [0.2, 0.25) is 0 Å². The van der Waals surface area contributed by atoms with Gasteiger partial charge in [0.1, 0.15) is 17.5 Å². The maximum atomic E-state index is 11.7. The number of nitrogens with one attached hydrogen (secondary N) is 1. The monoisotopic (exact) mass is 295 g/mol. The molecule has 1 aromatic rings. The molecule has 0 heterocycles. The summed E-state index contributed by atoms with van der Waals surface area (Å²) in [6.45, 7) is 5.69. The molecule has 0 unspecified atom stereocenters. The van der Waals surface area contributed by atoms with Gasteiger partial charge in [-0.3, -0.25) is 4.79 Å². The maximum Gasteiger partial charge on any atom is 0.326 e. The van der Waals surface area contributed by atoms with Gasteiger partial charge in [-0.1, -0.05) is 13.8 Å². The normalized spacial score (nSPS) is 11.8. The van der Waals surface area contributed by atoms with Crippen LogP contribution in [0.5, 0.6) is 11.5 Å². The Kier molecular flexibility index (Phi) is 6.52. The summed E-state index contributed by atoms with van der Waals surface area (Å²) in [4.78, 5) is 22.7. The third kappa shape index (κ3) is 5.72. The van der Waals surface area contributed by atoms with E-state index in [-0.39, 0.29) is 12.5 Å². The summed E-state index contributed by atoms with van der Waals surface area (Å²) in [6, 6.07) is 5.95. The predicted octanol–water partition coefficient (Wildman–Crippen LogP) is 1.69. The van der Waals surface area contributed by atoms with Crippen LogP contribution in [0.4, 0.5) is 0 Å². The first kappa shape index (κ1) is 16.8. The molecule has 0 spiro atoms. The van der Waals surface area contributed by atoms with Crippen LogP contribution in [0.2, 0.25) is 0 Å². The topological polar surface area (TPSA) is 84.9 Å². The van der Waals surface area contributed by atoms with Gasteiger partial charge < -0.3 is 19.9 Å². The molecule has 0 aromatic heterocycles. The Morgan fingerprint density at radius 2 is 1.67 bits per heavy atom. The molecule has 0 aliphatic rings. The molecule has 6 heteroatoms. The average molecular weight is 295 g/mol. The van der Waals surface area contributed by atoms with E-state index in [0.29, 0.717) is 12.4 Å². The van der Waals surface area contributed by atoms with Crippen LogP contribution in [0.15, 0.2) is 24.3 Å². The second-order valence-electron chi connectivity index (χ2n) is 4.82. The van der Waals surface area contributed by atoms with Crippen molar-refractivity contribution in [1.29, 1.82) is 0 Å². The second kappa shape index (κ2) is 8.14. The van der Waals surface area contributed by atoms with E-state index < -0.39 is 17.9 Å². The summed E-state index contributed by atoms with van der Waals surface area (Å²) >= 11 is 0. The second-order valence-corrected chi connectivity index (χ2v) is 4.82. The van der Waals surface area contributed by atoms with Gasteiger partial charge in [0.25, 0.3) is 5.91 Å². The molecule has 0 bridgehead atoms. The van der Waals surface area contributed by atoms with E-state index in [4.69, 9.17) is 14.6 Å². The Morgan fingerprint density at radius 3 is 2.10 bits per heavy atom. The lowest BCUT2D eigenvalue weighted by Gasteiger charge is -2.18. The van der Waals surface area contributed by atoms with Crippen molar-refractivity contribution in [3.63, 3.8) is 0 Å². The van der Waals surface area contributed by atoms with E-state index in [1.54, 1.807) is 38.1 Å². The predicted molar refractivity (Wildman–Crippen MR) is 77.5 cm³/mol. The lowest BCUT2D eigenvalue weighted by molar-refractivity contribution is -0.143. The number of carboxylic acids is 1. The van der Waals surface area contributed by atoms with Gasteiger partial charge in [-0.05, 0) is 37.1 Å². The molecule has 1 aromatic carbocycles. The fourth-order valence-electron chi connectivity index (χ4n) is 1.68. The molecule has 0 saturated heterocycles. The molecular formula is C15H21NO5. The zero-order chi connectivity index (χ0) is 15.8. The highest BCUT2D eigenvalue weighted by molar-refractivity contribution is 5.84. The van der Waals surface area contributed by atoms with Crippen molar-refractivity contribution in [3.05, 3.63) is 24.3 Å². The quantitative estimate of drug-likeness (QED) is 0.762. The number of hydrogen-bond donors (Lipinski definition) is 2. The number of carboxylic acid groups (broad SMARTS) is 1. The third-order valence-corrected chi connectivity index (χ3v) is 2.75. The van der Waals surface area contributed by atoms with E-state index >= 15 is 0 Å². The first-order chi connectivity index (χ1) is 9.93. The minimum atomic E-state index is -1.06. The number of benzene rings is 1. The number of ether oxygens (including phenoxy) is 2. The minimum Gasteiger partial charge on any atom is -0.494 e. The van der Waals surface area contributed by atoms with Gasteiger partial charge >= 0.3 is 5.97 Å². The van der Waals surface area contributed by atoms with Crippen molar-refractivity contribution in [1.82, 2.24) is 5.32 Å². The Hall–Kier alpha value is -2.24. The minimum absolute atomic E-state index is 0.197. The van der Waals surface area contributed by atoms with Crippen molar-refractivity contribution in [3.8, 4) is 11.5 Å². The summed E-state index contributed by atoms with van der Waals surface area (Å²) in [5, 5.41) is 11.4. The molecule has 0 radical (unpaired) electrons. The van der Waals surface area contributed by atoms with Crippen molar-refractivity contribution in [2.24, 2.45) is 5.92 Å². The largest absolute Gasteiger partial charge is 0.494 e. The smallest absolute Gasteiger partial charge is 0.326 e. The van der Waals surface area contributed by atoms with E-state index in [0.717, 1.165) is 5.75 Å². The molecule has 1 amide bonds. The molecule has 0 aliphatic carbocycles. The standard InChI is InChI=1S/C15H21NO5/c1-4-20-11-5-7-12(8-6-11)21-9-13(17)16-14(10(2)3)15(18)19/h5-8,10,14H,4,9H2,1-3H3,(H,16,17)(H,18,19)/t14-/m0/s1. The van der Waals surface area contributed by atoms with Gasteiger partial charge in [0.05, 0.1) is 6.61 Å². The molecule has 21 heavy (non-hydrogen) atoms. The summed E-state index contributed by atoms with van der Waals surface area (Å²) in [5.41, 5.74) is 0. The Morgan fingerprint density at radius 1 is 1.14 bits per heavy atom. The van der Waals surface area contributed by atoms with Gasteiger partial charge in [0, 0.05) is 0 Å². The van der Waals surface area contributed by atoms with Gasteiger partial charge in [0.15, 0.2) is 6.61 Å². The van der Waals surface area contributed by atoms with E-state index in [9.17, 15) is 9.59 Å². The molecule has 0 fully saturated rings. The highest BCUT2D eigenvalue weighted by Crippen LogP contribution is 2.17. The van der Waals surface area contributed by atoms with Gasteiger partial charge in [-0.2, -0.15) is 0 Å². The molecule has 6 nitrogen and oxygen atoms in total. The molecule has 1 atom stereocenters. The lowest BCUT2D eigenvalue weighted by atomic mass is 10.1. The highest BCUT2D eigenvalue weighted by atomic mass is 16.5.